The van der Waals surface area contributed by atoms with Crippen molar-refractivity contribution in [1.82, 2.24) is 20.3 Å². The van der Waals surface area contributed by atoms with Crippen LogP contribution in [0.4, 0.5) is 5.69 Å². The predicted molar refractivity (Wildman–Crippen MR) is 154 cm³/mol. The van der Waals surface area contributed by atoms with Crippen LogP contribution in [0, 0.1) is 6.92 Å². The molecule has 1 heterocycles. The summed E-state index contributed by atoms with van der Waals surface area (Å²) in [5.41, 5.74) is 4.71. The molecule has 1 aromatic heterocycles. The quantitative estimate of drug-likeness (QED) is 0.269. The Bertz CT molecular complexity index is 1680. The van der Waals surface area contributed by atoms with Crippen molar-refractivity contribution in [3.8, 4) is 0 Å². The van der Waals surface area contributed by atoms with Crippen LogP contribution in [0.25, 0.3) is 11.0 Å². The van der Waals surface area contributed by atoms with Gasteiger partial charge in [0.25, 0.3) is 0 Å². The maximum Gasteiger partial charge on any atom is 0.249 e. The van der Waals surface area contributed by atoms with Crippen molar-refractivity contribution in [2.75, 3.05) is 4.90 Å². The molecule has 2 amide bonds. The Hall–Kier alpha value is -5.11. The highest BCUT2D eigenvalue weighted by Gasteiger charge is 2.34. The van der Waals surface area contributed by atoms with E-state index in [4.69, 9.17) is 0 Å². The van der Waals surface area contributed by atoms with Crippen LogP contribution in [-0.2, 0) is 22.7 Å². The van der Waals surface area contributed by atoms with Crippen LogP contribution in [0.15, 0.2) is 103 Å². The van der Waals surface area contributed by atoms with Gasteiger partial charge in [-0.1, -0.05) is 84.1 Å². The van der Waals surface area contributed by atoms with Crippen molar-refractivity contribution in [3.05, 3.63) is 125 Å². The summed E-state index contributed by atoms with van der Waals surface area (Å²) >= 11 is 0. The summed E-state index contributed by atoms with van der Waals surface area (Å²) in [5, 5.41) is 11.4. The molecule has 5 rings (SSSR count). The first-order valence-corrected chi connectivity index (χ1v) is 13.0. The molecular weight excluding hydrogens is 502 g/mol. The lowest BCUT2D eigenvalue weighted by atomic mass is 9.97. The Morgan fingerprint density at radius 2 is 1.60 bits per heavy atom. The number of carbonyl (C=O) groups is 3. The fourth-order valence-electron chi connectivity index (χ4n) is 4.72. The number of ketones is 1. The van der Waals surface area contributed by atoms with Crippen LogP contribution >= 0.6 is 0 Å². The van der Waals surface area contributed by atoms with Crippen LogP contribution < -0.4 is 10.2 Å². The summed E-state index contributed by atoms with van der Waals surface area (Å²) < 4.78 is 1.52. The summed E-state index contributed by atoms with van der Waals surface area (Å²) in [6.45, 7) is 3.52. The molecule has 0 fully saturated rings. The van der Waals surface area contributed by atoms with E-state index in [9.17, 15) is 14.4 Å². The number of Topliss-reactive ketones (excluding diaryl/α,β-unsaturated/α-hetero) is 1. The van der Waals surface area contributed by atoms with Gasteiger partial charge in [0.1, 0.15) is 18.1 Å². The van der Waals surface area contributed by atoms with Gasteiger partial charge in [-0.2, -0.15) is 0 Å². The topological polar surface area (TPSA) is 97.2 Å². The molecule has 4 aromatic carbocycles. The third-order valence-electron chi connectivity index (χ3n) is 6.80. The van der Waals surface area contributed by atoms with Crippen LogP contribution in [0.1, 0.15) is 40.0 Å². The van der Waals surface area contributed by atoms with E-state index in [1.165, 1.54) is 16.5 Å². The molecule has 0 saturated heterocycles. The third kappa shape index (κ3) is 5.66. The molecule has 5 aromatic rings. The van der Waals surface area contributed by atoms with E-state index in [2.05, 4.69) is 15.6 Å². The Labute approximate surface area is 232 Å². The minimum atomic E-state index is -1.01. The molecule has 1 atom stereocenters. The maximum atomic E-state index is 14.2. The highest BCUT2D eigenvalue weighted by Crippen LogP contribution is 2.31. The van der Waals surface area contributed by atoms with Gasteiger partial charge < -0.3 is 5.32 Å². The van der Waals surface area contributed by atoms with E-state index in [-0.39, 0.29) is 24.1 Å². The van der Waals surface area contributed by atoms with Crippen molar-refractivity contribution in [2.45, 2.75) is 33.0 Å². The normalized spacial score (nSPS) is 11.7. The number of carbonyl (C=O) groups excluding carboxylic acids is 3. The number of nitrogens with one attached hydrogen (secondary N) is 1. The fraction of sp³-hybridized carbons (Fsp3) is 0.156. The summed E-state index contributed by atoms with van der Waals surface area (Å²) in [6, 6.07) is 30.2. The van der Waals surface area contributed by atoms with E-state index in [0.717, 1.165) is 11.1 Å². The van der Waals surface area contributed by atoms with E-state index < -0.39 is 6.04 Å². The van der Waals surface area contributed by atoms with Crippen molar-refractivity contribution in [2.24, 2.45) is 0 Å². The van der Waals surface area contributed by atoms with Gasteiger partial charge in [-0.05, 0) is 54.8 Å². The highest BCUT2D eigenvalue weighted by atomic mass is 16.2. The smallest absolute Gasteiger partial charge is 0.249 e. The van der Waals surface area contributed by atoms with Gasteiger partial charge >= 0.3 is 0 Å². The maximum absolute atomic E-state index is 14.2. The van der Waals surface area contributed by atoms with Gasteiger partial charge in [0, 0.05) is 17.8 Å². The Balaban J connectivity index is 1.60. The minimum absolute atomic E-state index is 0.141. The highest BCUT2D eigenvalue weighted by molar-refractivity contribution is 6.03. The van der Waals surface area contributed by atoms with Gasteiger partial charge in [-0.3, -0.25) is 19.3 Å². The molecule has 1 N–H and O–H groups in total. The number of benzene rings is 4. The number of aromatic nitrogens is 3. The van der Waals surface area contributed by atoms with E-state index in [1.807, 2.05) is 85.8 Å². The number of para-hydroxylation sites is 1. The first-order valence-electron chi connectivity index (χ1n) is 13.0. The molecule has 0 aliphatic rings. The Kier molecular flexibility index (Phi) is 7.77. The average molecular weight is 532 g/mol. The van der Waals surface area contributed by atoms with E-state index in [0.29, 0.717) is 34.4 Å². The molecule has 40 heavy (non-hydrogen) atoms. The van der Waals surface area contributed by atoms with Crippen molar-refractivity contribution >= 4 is 34.3 Å². The van der Waals surface area contributed by atoms with Crippen molar-refractivity contribution in [3.63, 3.8) is 0 Å². The molecule has 200 valence electrons. The first kappa shape index (κ1) is 26.5. The molecule has 0 saturated carbocycles. The molecule has 8 nitrogen and oxygen atoms in total. The standard InChI is InChI=1S/C32H29N5O3/c1-22-11-6-7-16-27(22)31(32(40)33-20-24-12-4-3-5-13-24)37(26-15-10-14-25(19-26)23(2)38)30(39)21-36-29-18-9-8-17-28(29)34-35-36/h3-19,31H,20-21H2,1-2H3,(H,33,40)/t31-/m1/s1. The second-order valence-electron chi connectivity index (χ2n) is 9.57. The minimum Gasteiger partial charge on any atom is -0.350 e. The summed E-state index contributed by atoms with van der Waals surface area (Å²) in [5.74, 6) is -0.861. The second kappa shape index (κ2) is 11.7. The molecule has 0 radical (unpaired) electrons. The second-order valence-corrected chi connectivity index (χ2v) is 9.57. The third-order valence-corrected chi connectivity index (χ3v) is 6.80. The number of rotatable bonds is 9. The number of anilines is 1. The molecule has 0 spiro atoms. The van der Waals surface area contributed by atoms with E-state index >= 15 is 0 Å². The van der Waals surface area contributed by atoms with Gasteiger partial charge in [0.2, 0.25) is 11.8 Å². The number of amides is 2. The molecule has 8 heteroatoms. The van der Waals surface area contributed by atoms with Gasteiger partial charge in [-0.25, -0.2) is 4.68 Å². The molecule has 0 aliphatic heterocycles. The monoisotopic (exact) mass is 531 g/mol. The zero-order valence-corrected chi connectivity index (χ0v) is 22.3. The SMILES string of the molecule is CC(=O)c1cccc(N(C(=O)Cn2nnc3ccccc32)[C@@H](C(=O)NCc2ccccc2)c2ccccc2C)c1. The number of nitrogens with zero attached hydrogens (tertiary/aromatic N) is 4. The lowest BCUT2D eigenvalue weighted by molar-refractivity contribution is -0.127. The lowest BCUT2D eigenvalue weighted by Gasteiger charge is -2.32. The van der Waals surface area contributed by atoms with Crippen LogP contribution in [0.5, 0.6) is 0 Å². The Morgan fingerprint density at radius 1 is 0.875 bits per heavy atom. The van der Waals surface area contributed by atoms with Crippen molar-refractivity contribution in [1.29, 1.82) is 0 Å². The molecule has 0 bridgehead atoms. The van der Waals surface area contributed by atoms with E-state index in [1.54, 1.807) is 24.3 Å². The van der Waals surface area contributed by atoms with Crippen molar-refractivity contribution < 1.29 is 14.4 Å². The largest absolute Gasteiger partial charge is 0.350 e. The molecule has 0 aliphatic carbocycles. The zero-order valence-electron chi connectivity index (χ0n) is 22.3. The number of aryl methyl sites for hydroxylation is 1. The number of fused-ring (bicyclic) bond motifs is 1. The fourth-order valence-corrected chi connectivity index (χ4v) is 4.72. The lowest BCUT2D eigenvalue weighted by Crippen LogP contribution is -2.45. The molecule has 0 unspecified atom stereocenters. The summed E-state index contributed by atoms with van der Waals surface area (Å²) in [6.07, 6.45) is 0. The number of hydrogen-bond acceptors (Lipinski definition) is 5. The summed E-state index contributed by atoms with van der Waals surface area (Å²) in [4.78, 5) is 42.0. The van der Waals surface area contributed by atoms with Crippen LogP contribution in [0.2, 0.25) is 0 Å². The number of hydrogen-bond donors (Lipinski definition) is 1. The van der Waals surface area contributed by atoms with Gasteiger partial charge in [0.15, 0.2) is 5.78 Å². The predicted octanol–water partition coefficient (Wildman–Crippen LogP) is 5.03. The van der Waals surface area contributed by atoms with Gasteiger partial charge in [-0.15, -0.1) is 5.10 Å². The van der Waals surface area contributed by atoms with Gasteiger partial charge in [0.05, 0.1) is 5.52 Å². The zero-order chi connectivity index (χ0) is 28.1. The van der Waals surface area contributed by atoms with Crippen LogP contribution in [0.3, 0.4) is 0 Å². The van der Waals surface area contributed by atoms with Crippen LogP contribution in [-0.4, -0.2) is 32.6 Å². The average Bonchev–Trinajstić information content (AvgIpc) is 3.38. The molecular formula is C32H29N5O3. The Morgan fingerprint density at radius 3 is 2.38 bits per heavy atom. The first-order chi connectivity index (χ1) is 19.4. The summed E-state index contributed by atoms with van der Waals surface area (Å²) in [7, 11) is 0.